The summed E-state index contributed by atoms with van der Waals surface area (Å²) in [6.07, 6.45) is 0. The Morgan fingerprint density at radius 3 is 2.13 bits per heavy atom. The van der Waals surface area contributed by atoms with Crippen molar-refractivity contribution in [2.24, 2.45) is 0 Å². The van der Waals surface area contributed by atoms with E-state index in [1.54, 1.807) is 0 Å². The number of nitriles is 1. The molecule has 0 rings (SSSR count). The first-order chi connectivity index (χ1) is 6.45. The number of hydrogen-bond donors (Lipinski definition) is 0. The molecule has 0 saturated heterocycles. The van der Waals surface area contributed by atoms with Crippen LogP contribution >= 0.6 is 0 Å². The van der Waals surface area contributed by atoms with Gasteiger partial charge >= 0.3 is 12.6 Å². The lowest BCUT2D eigenvalue weighted by atomic mass is 10.3. The number of halogens is 4. The van der Waals surface area contributed by atoms with Gasteiger partial charge in [0.15, 0.2) is 0 Å². The van der Waals surface area contributed by atoms with Crippen molar-refractivity contribution < 1.29 is 27.1 Å². The van der Waals surface area contributed by atoms with E-state index in [1.807, 2.05) is 0 Å². The van der Waals surface area contributed by atoms with E-state index in [9.17, 15) is 22.4 Å². The SMILES string of the molecule is C.C=C(C#N)C(=O)OCCF.FC(F)F. The van der Waals surface area contributed by atoms with Gasteiger partial charge in [0, 0.05) is 0 Å². The predicted octanol–water partition coefficient (Wildman–Crippen LogP) is 2.39. The maximum Gasteiger partial charge on any atom is 0.379 e. The minimum Gasteiger partial charge on any atom is -0.459 e. The Bertz CT molecular complexity index is 222. The third kappa shape index (κ3) is 19.0. The van der Waals surface area contributed by atoms with E-state index in [4.69, 9.17) is 5.26 Å². The molecule has 0 aromatic rings. The summed E-state index contributed by atoms with van der Waals surface area (Å²) < 4.78 is 44.5. The zero-order valence-electron chi connectivity index (χ0n) is 6.97. The Morgan fingerprint density at radius 1 is 1.47 bits per heavy atom. The molecule has 0 aromatic heterocycles. The third-order valence-corrected chi connectivity index (χ3v) is 0.692. The molecular formula is C8H11F4NO2. The van der Waals surface area contributed by atoms with Gasteiger partial charge in [0.1, 0.15) is 24.9 Å². The van der Waals surface area contributed by atoms with E-state index in [-0.39, 0.29) is 19.6 Å². The van der Waals surface area contributed by atoms with Gasteiger partial charge < -0.3 is 4.74 Å². The highest BCUT2D eigenvalue weighted by atomic mass is 19.4. The van der Waals surface area contributed by atoms with Crippen LogP contribution < -0.4 is 0 Å². The summed E-state index contributed by atoms with van der Waals surface area (Å²) >= 11 is 0. The second kappa shape index (κ2) is 12.4. The monoisotopic (exact) mass is 229 g/mol. The largest absolute Gasteiger partial charge is 0.459 e. The summed E-state index contributed by atoms with van der Waals surface area (Å²) in [6, 6.07) is 1.48. The van der Waals surface area contributed by atoms with Gasteiger partial charge in [0.05, 0.1) is 0 Å². The molecule has 0 radical (unpaired) electrons. The van der Waals surface area contributed by atoms with Crippen LogP contribution in [0.2, 0.25) is 0 Å². The van der Waals surface area contributed by atoms with Crippen LogP contribution in [-0.4, -0.2) is 25.9 Å². The van der Waals surface area contributed by atoms with Gasteiger partial charge in [0.25, 0.3) is 0 Å². The molecule has 0 unspecified atom stereocenters. The molecule has 0 bridgehead atoms. The van der Waals surface area contributed by atoms with Gasteiger partial charge in [-0.25, -0.2) is 9.18 Å². The topological polar surface area (TPSA) is 50.1 Å². The van der Waals surface area contributed by atoms with Crippen LogP contribution in [0.5, 0.6) is 0 Å². The number of esters is 1. The number of rotatable bonds is 3. The summed E-state index contributed by atoms with van der Waals surface area (Å²) in [6.45, 7) is -1.66. The van der Waals surface area contributed by atoms with Crippen molar-refractivity contribution in [2.75, 3.05) is 13.3 Å². The normalized spacial score (nSPS) is 7.73. The Labute approximate surface area is 84.9 Å². The summed E-state index contributed by atoms with van der Waals surface area (Å²) in [5.41, 5.74) is -0.312. The summed E-state index contributed by atoms with van der Waals surface area (Å²) in [7, 11) is 0. The second-order valence-corrected chi connectivity index (χ2v) is 1.66. The van der Waals surface area contributed by atoms with Gasteiger partial charge in [-0.15, -0.1) is 0 Å². The Hall–Kier alpha value is -1.58. The van der Waals surface area contributed by atoms with E-state index in [1.165, 1.54) is 6.07 Å². The Balaban J connectivity index is -0.000000249. The van der Waals surface area contributed by atoms with E-state index in [2.05, 4.69) is 11.3 Å². The molecule has 0 saturated carbocycles. The molecule has 0 fully saturated rings. The van der Waals surface area contributed by atoms with Crippen molar-refractivity contribution in [2.45, 2.75) is 14.1 Å². The number of carbonyl (C=O) groups is 1. The van der Waals surface area contributed by atoms with Gasteiger partial charge in [-0.1, -0.05) is 14.0 Å². The standard InChI is InChI=1S/C6H6FNO2.CHF3.CH4/c1-5(4-8)6(9)10-3-2-7;2-1(3)4;/h1-3H2;1H;1H4. The predicted molar refractivity (Wildman–Crippen MR) is 45.5 cm³/mol. The lowest BCUT2D eigenvalue weighted by Crippen LogP contribution is -2.07. The fourth-order valence-corrected chi connectivity index (χ4v) is 0.264. The van der Waals surface area contributed by atoms with Crippen LogP contribution in [0, 0.1) is 11.3 Å². The highest BCUT2D eigenvalue weighted by Gasteiger charge is 2.05. The van der Waals surface area contributed by atoms with Crippen molar-refractivity contribution in [1.82, 2.24) is 0 Å². The number of alkyl halides is 4. The van der Waals surface area contributed by atoms with Crippen molar-refractivity contribution in [3.63, 3.8) is 0 Å². The molecule has 3 nitrogen and oxygen atoms in total. The molecule has 0 heterocycles. The van der Waals surface area contributed by atoms with E-state index in [0.29, 0.717) is 0 Å². The van der Waals surface area contributed by atoms with Gasteiger partial charge in [-0.2, -0.15) is 18.4 Å². The van der Waals surface area contributed by atoms with Gasteiger partial charge in [-0.3, -0.25) is 0 Å². The summed E-state index contributed by atoms with van der Waals surface area (Å²) in [4.78, 5) is 10.4. The highest BCUT2D eigenvalue weighted by Crippen LogP contribution is 1.91. The zero-order valence-corrected chi connectivity index (χ0v) is 6.97. The Morgan fingerprint density at radius 2 is 1.87 bits per heavy atom. The quantitative estimate of drug-likeness (QED) is 0.323. The highest BCUT2D eigenvalue weighted by molar-refractivity contribution is 5.91. The first-order valence-corrected chi connectivity index (χ1v) is 3.20. The fourth-order valence-electron chi connectivity index (χ4n) is 0.264. The molecule has 0 spiro atoms. The van der Waals surface area contributed by atoms with Crippen LogP contribution in [-0.2, 0) is 9.53 Å². The number of nitrogens with zero attached hydrogens (tertiary/aromatic N) is 1. The summed E-state index contributed by atoms with van der Waals surface area (Å²) in [5, 5.41) is 8.06. The van der Waals surface area contributed by atoms with Crippen LogP contribution in [0.1, 0.15) is 7.43 Å². The van der Waals surface area contributed by atoms with Gasteiger partial charge in [-0.05, 0) is 0 Å². The molecule has 0 N–H and O–H groups in total. The number of ether oxygens (including phenoxy) is 1. The fraction of sp³-hybridized carbons (Fsp3) is 0.500. The number of hydrogen-bond acceptors (Lipinski definition) is 3. The first kappa shape index (κ1) is 19.1. The third-order valence-electron chi connectivity index (χ3n) is 0.692. The van der Waals surface area contributed by atoms with Crippen molar-refractivity contribution in [3.05, 3.63) is 12.2 Å². The molecule has 0 aliphatic rings. The summed E-state index contributed by atoms with van der Waals surface area (Å²) in [5.74, 6) is -0.861. The molecule has 88 valence electrons. The number of carbonyl (C=O) groups excluding carboxylic acids is 1. The van der Waals surface area contributed by atoms with Crippen molar-refractivity contribution >= 4 is 5.97 Å². The second-order valence-electron chi connectivity index (χ2n) is 1.66. The molecular weight excluding hydrogens is 218 g/mol. The molecule has 0 amide bonds. The van der Waals surface area contributed by atoms with Gasteiger partial charge in [0.2, 0.25) is 0 Å². The molecule has 0 aromatic carbocycles. The molecule has 15 heavy (non-hydrogen) atoms. The first-order valence-electron chi connectivity index (χ1n) is 3.20. The molecule has 0 aliphatic carbocycles. The average molecular weight is 229 g/mol. The smallest absolute Gasteiger partial charge is 0.379 e. The lowest BCUT2D eigenvalue weighted by molar-refractivity contribution is -0.138. The molecule has 0 atom stereocenters. The molecule has 7 heteroatoms. The van der Waals surface area contributed by atoms with E-state index in [0.717, 1.165) is 0 Å². The minimum atomic E-state index is -3.67. The Kier molecular flexibility index (Phi) is 15.8. The molecule has 0 aliphatic heterocycles. The van der Waals surface area contributed by atoms with Crippen LogP contribution in [0.3, 0.4) is 0 Å². The lowest BCUT2D eigenvalue weighted by Gasteiger charge is -1.96. The minimum absolute atomic E-state index is 0. The maximum absolute atomic E-state index is 11.3. The van der Waals surface area contributed by atoms with E-state index < -0.39 is 19.3 Å². The average Bonchev–Trinajstić information content (AvgIpc) is 2.11. The van der Waals surface area contributed by atoms with Crippen molar-refractivity contribution in [1.29, 1.82) is 5.26 Å². The van der Waals surface area contributed by atoms with E-state index >= 15 is 0 Å². The zero-order chi connectivity index (χ0) is 11.6. The van der Waals surface area contributed by atoms with Crippen molar-refractivity contribution in [3.8, 4) is 6.07 Å². The van der Waals surface area contributed by atoms with Crippen LogP contribution in [0.25, 0.3) is 0 Å². The maximum atomic E-state index is 11.3. The van der Waals surface area contributed by atoms with Crippen LogP contribution in [0.15, 0.2) is 12.2 Å². The van der Waals surface area contributed by atoms with Crippen LogP contribution in [0.4, 0.5) is 17.6 Å².